The zero-order valence-corrected chi connectivity index (χ0v) is 14.4. The lowest BCUT2D eigenvalue weighted by Gasteiger charge is -2.14. The van der Waals surface area contributed by atoms with Gasteiger partial charge in [-0.05, 0) is 55.0 Å². The second kappa shape index (κ2) is 7.52. The molecule has 3 nitrogen and oxygen atoms in total. The van der Waals surface area contributed by atoms with Crippen LogP contribution in [0.15, 0.2) is 42.5 Å². The van der Waals surface area contributed by atoms with Crippen LogP contribution >= 0.6 is 0 Å². The van der Waals surface area contributed by atoms with Gasteiger partial charge in [0.15, 0.2) is 5.78 Å². The van der Waals surface area contributed by atoms with Crippen molar-refractivity contribution in [3.05, 3.63) is 59.2 Å². The fourth-order valence-corrected chi connectivity index (χ4v) is 2.95. The molecule has 0 saturated heterocycles. The Morgan fingerprint density at radius 1 is 1.12 bits per heavy atom. The first-order valence-electron chi connectivity index (χ1n) is 8.56. The van der Waals surface area contributed by atoms with Crippen molar-refractivity contribution in [1.82, 2.24) is 0 Å². The fourth-order valence-electron chi connectivity index (χ4n) is 2.95. The first kappa shape index (κ1) is 16.6. The van der Waals surface area contributed by atoms with Crippen LogP contribution in [-0.2, 0) is 13.0 Å². The van der Waals surface area contributed by atoms with E-state index in [2.05, 4.69) is 6.07 Å². The van der Waals surface area contributed by atoms with Gasteiger partial charge >= 0.3 is 0 Å². The van der Waals surface area contributed by atoms with Crippen molar-refractivity contribution >= 4 is 5.78 Å². The normalized spacial score (nSPS) is 13.6. The monoisotopic (exact) mass is 324 g/mol. The van der Waals surface area contributed by atoms with Gasteiger partial charge < -0.3 is 9.47 Å². The van der Waals surface area contributed by atoms with Crippen molar-refractivity contribution in [3.63, 3.8) is 0 Å². The number of hydrogen-bond acceptors (Lipinski definition) is 3. The first-order chi connectivity index (χ1) is 11.7. The zero-order chi connectivity index (χ0) is 16.9. The highest BCUT2D eigenvalue weighted by Crippen LogP contribution is 2.35. The van der Waals surface area contributed by atoms with Gasteiger partial charge in [-0.25, -0.2) is 0 Å². The molecule has 2 aromatic carbocycles. The molecule has 0 N–H and O–H groups in total. The highest BCUT2D eigenvalue weighted by atomic mass is 16.5. The average Bonchev–Trinajstić information content (AvgIpc) is 3.42. The standard InChI is InChI=1S/C21H24O3/c1-15(22)21-18(11-8-16-6-7-16)4-3-5-20(21)24-14-17-9-12-19(23-2)13-10-17/h3-5,9-10,12-13,16H,6-8,11,14H2,1-2H3. The van der Waals surface area contributed by atoms with Crippen molar-refractivity contribution < 1.29 is 14.3 Å². The first-order valence-corrected chi connectivity index (χ1v) is 8.56. The molecule has 1 aliphatic carbocycles. The third kappa shape index (κ3) is 4.16. The van der Waals surface area contributed by atoms with Gasteiger partial charge in [0.2, 0.25) is 0 Å². The molecule has 1 saturated carbocycles. The lowest BCUT2D eigenvalue weighted by molar-refractivity contribution is 0.101. The topological polar surface area (TPSA) is 35.5 Å². The number of methoxy groups -OCH3 is 1. The maximum Gasteiger partial charge on any atom is 0.163 e. The average molecular weight is 324 g/mol. The number of hydrogen-bond donors (Lipinski definition) is 0. The Morgan fingerprint density at radius 3 is 2.50 bits per heavy atom. The van der Waals surface area contributed by atoms with Crippen molar-refractivity contribution in [3.8, 4) is 11.5 Å². The zero-order valence-electron chi connectivity index (χ0n) is 14.4. The summed E-state index contributed by atoms with van der Waals surface area (Å²) in [5.74, 6) is 2.44. The molecular formula is C21H24O3. The molecule has 0 aliphatic heterocycles. The van der Waals surface area contributed by atoms with Crippen molar-refractivity contribution in [2.24, 2.45) is 5.92 Å². The predicted octanol–water partition coefficient (Wildman–Crippen LogP) is 4.82. The van der Waals surface area contributed by atoms with E-state index in [0.29, 0.717) is 12.4 Å². The van der Waals surface area contributed by atoms with E-state index in [1.165, 1.54) is 19.3 Å². The van der Waals surface area contributed by atoms with Gasteiger partial charge in [0, 0.05) is 0 Å². The van der Waals surface area contributed by atoms with E-state index in [0.717, 1.165) is 34.8 Å². The lowest BCUT2D eigenvalue weighted by Crippen LogP contribution is -2.06. The molecule has 1 aliphatic rings. The molecule has 0 heterocycles. The van der Waals surface area contributed by atoms with E-state index in [1.54, 1.807) is 14.0 Å². The SMILES string of the molecule is COc1ccc(COc2cccc(CCC3CC3)c2C(C)=O)cc1. The maximum absolute atomic E-state index is 12.1. The van der Waals surface area contributed by atoms with Crippen LogP contribution in [0.4, 0.5) is 0 Å². The Labute approximate surface area is 143 Å². The van der Waals surface area contributed by atoms with Gasteiger partial charge in [0.1, 0.15) is 18.1 Å². The molecule has 0 radical (unpaired) electrons. The molecule has 2 aromatic rings. The van der Waals surface area contributed by atoms with E-state index in [9.17, 15) is 4.79 Å². The van der Waals surface area contributed by atoms with Crippen LogP contribution in [0.2, 0.25) is 0 Å². The number of carbonyl (C=O) groups is 1. The van der Waals surface area contributed by atoms with Crippen molar-refractivity contribution in [2.45, 2.75) is 39.2 Å². The smallest absolute Gasteiger partial charge is 0.163 e. The Bertz CT molecular complexity index is 700. The van der Waals surface area contributed by atoms with Crippen LogP contribution in [-0.4, -0.2) is 12.9 Å². The van der Waals surface area contributed by atoms with Crippen LogP contribution in [0.1, 0.15) is 47.7 Å². The number of ether oxygens (including phenoxy) is 2. The summed E-state index contributed by atoms with van der Waals surface area (Å²) in [5.41, 5.74) is 2.90. The summed E-state index contributed by atoms with van der Waals surface area (Å²) < 4.78 is 11.1. The molecule has 0 spiro atoms. The Morgan fingerprint density at radius 2 is 1.88 bits per heavy atom. The maximum atomic E-state index is 12.1. The number of rotatable bonds is 8. The van der Waals surface area contributed by atoms with Crippen LogP contribution < -0.4 is 9.47 Å². The van der Waals surface area contributed by atoms with Crippen LogP contribution in [0.3, 0.4) is 0 Å². The van der Waals surface area contributed by atoms with Crippen molar-refractivity contribution in [2.75, 3.05) is 7.11 Å². The molecule has 126 valence electrons. The quantitative estimate of drug-likeness (QED) is 0.653. The van der Waals surface area contributed by atoms with Crippen molar-refractivity contribution in [1.29, 1.82) is 0 Å². The Kier molecular flexibility index (Phi) is 5.19. The minimum atomic E-state index is 0.0751. The van der Waals surface area contributed by atoms with Gasteiger partial charge in [-0.3, -0.25) is 4.79 Å². The summed E-state index contributed by atoms with van der Waals surface area (Å²) in [4.78, 5) is 12.1. The third-order valence-electron chi connectivity index (χ3n) is 4.54. The highest BCUT2D eigenvalue weighted by Gasteiger charge is 2.22. The van der Waals surface area contributed by atoms with E-state index in [-0.39, 0.29) is 5.78 Å². The fraction of sp³-hybridized carbons (Fsp3) is 0.381. The molecule has 0 aromatic heterocycles. The summed E-state index contributed by atoms with van der Waals surface area (Å²) in [5, 5.41) is 0. The molecule has 3 rings (SSSR count). The van der Waals surface area contributed by atoms with Gasteiger partial charge in [-0.2, -0.15) is 0 Å². The molecular weight excluding hydrogens is 300 g/mol. The van der Waals surface area contributed by atoms with Gasteiger partial charge in [0.05, 0.1) is 12.7 Å². The molecule has 0 bridgehead atoms. The minimum absolute atomic E-state index is 0.0751. The van der Waals surface area contributed by atoms with E-state index in [4.69, 9.17) is 9.47 Å². The highest BCUT2D eigenvalue weighted by molar-refractivity contribution is 5.98. The molecule has 0 amide bonds. The van der Waals surface area contributed by atoms with E-state index < -0.39 is 0 Å². The van der Waals surface area contributed by atoms with Gasteiger partial charge in [-0.15, -0.1) is 0 Å². The summed E-state index contributed by atoms with van der Waals surface area (Å²) >= 11 is 0. The van der Waals surface area contributed by atoms with Crippen LogP contribution in [0, 0.1) is 5.92 Å². The lowest BCUT2D eigenvalue weighted by atomic mass is 9.98. The second-order valence-corrected chi connectivity index (χ2v) is 6.47. The number of carbonyl (C=O) groups excluding carboxylic acids is 1. The number of ketones is 1. The summed E-state index contributed by atoms with van der Waals surface area (Å²) in [6.45, 7) is 2.06. The summed E-state index contributed by atoms with van der Waals surface area (Å²) in [7, 11) is 1.65. The predicted molar refractivity (Wildman–Crippen MR) is 94.8 cm³/mol. The molecule has 24 heavy (non-hydrogen) atoms. The number of Topliss-reactive ketones (excluding diaryl/α,β-unsaturated/α-hetero) is 1. The van der Waals surface area contributed by atoms with Gasteiger partial charge in [0.25, 0.3) is 0 Å². The summed E-state index contributed by atoms with van der Waals surface area (Å²) in [6, 6.07) is 13.7. The van der Waals surface area contributed by atoms with Gasteiger partial charge in [-0.1, -0.05) is 37.1 Å². The van der Waals surface area contributed by atoms with Crippen LogP contribution in [0.5, 0.6) is 11.5 Å². The van der Waals surface area contributed by atoms with E-state index >= 15 is 0 Å². The number of aryl methyl sites for hydroxylation is 1. The molecule has 0 atom stereocenters. The van der Waals surface area contributed by atoms with E-state index in [1.807, 2.05) is 36.4 Å². The minimum Gasteiger partial charge on any atom is -0.497 e. The number of benzene rings is 2. The molecule has 1 fully saturated rings. The molecule has 0 unspecified atom stereocenters. The second-order valence-electron chi connectivity index (χ2n) is 6.47. The Hall–Kier alpha value is -2.29. The Balaban J connectivity index is 1.73. The van der Waals surface area contributed by atoms with Crippen LogP contribution in [0.25, 0.3) is 0 Å². The third-order valence-corrected chi connectivity index (χ3v) is 4.54. The summed E-state index contributed by atoms with van der Waals surface area (Å²) in [6.07, 6.45) is 4.80. The molecule has 3 heteroatoms. The largest absolute Gasteiger partial charge is 0.497 e.